The third kappa shape index (κ3) is 3.72. The molecule has 0 saturated carbocycles. The number of nitrogens with zero attached hydrogens (tertiary/aromatic N) is 1. The molecule has 0 spiro atoms. The fourth-order valence-corrected chi connectivity index (χ4v) is 2.65. The summed E-state index contributed by atoms with van der Waals surface area (Å²) >= 11 is 0. The third-order valence-corrected chi connectivity index (χ3v) is 3.98. The van der Waals surface area contributed by atoms with Gasteiger partial charge in [0, 0.05) is 18.5 Å². The van der Waals surface area contributed by atoms with Crippen molar-refractivity contribution in [1.82, 2.24) is 5.32 Å². The van der Waals surface area contributed by atoms with Gasteiger partial charge in [0.2, 0.25) is 0 Å². The highest BCUT2D eigenvalue weighted by Crippen LogP contribution is 2.31. The first-order chi connectivity index (χ1) is 9.20. The quantitative estimate of drug-likeness (QED) is 0.645. The highest BCUT2D eigenvalue weighted by Gasteiger charge is 2.19. The van der Waals surface area contributed by atoms with Crippen molar-refractivity contribution < 1.29 is 0 Å². The number of fused-ring (bicyclic) bond motifs is 1. The van der Waals surface area contributed by atoms with Crippen LogP contribution in [0.15, 0.2) is 29.3 Å². The maximum absolute atomic E-state index is 5.93. The maximum Gasteiger partial charge on any atom is 0.188 e. The molecule has 104 valence electrons. The Morgan fingerprint density at radius 3 is 3.05 bits per heavy atom. The van der Waals surface area contributed by atoms with E-state index < -0.39 is 0 Å². The van der Waals surface area contributed by atoms with Gasteiger partial charge in [-0.2, -0.15) is 0 Å². The summed E-state index contributed by atoms with van der Waals surface area (Å²) in [5.74, 6) is 1.11. The number of nitrogens with one attached hydrogen (secondary N) is 1. The second kappa shape index (κ2) is 6.60. The van der Waals surface area contributed by atoms with Gasteiger partial charge in [0.15, 0.2) is 5.96 Å². The van der Waals surface area contributed by atoms with E-state index in [-0.39, 0.29) is 0 Å². The monoisotopic (exact) mass is 259 g/mol. The van der Waals surface area contributed by atoms with E-state index in [0.29, 0.717) is 17.9 Å². The topological polar surface area (TPSA) is 50.4 Å². The summed E-state index contributed by atoms with van der Waals surface area (Å²) in [4.78, 5) is 4.52. The summed E-state index contributed by atoms with van der Waals surface area (Å²) in [6.45, 7) is 5.06. The number of nitrogens with two attached hydrogens (primary N) is 1. The summed E-state index contributed by atoms with van der Waals surface area (Å²) in [5.41, 5.74) is 8.88. The van der Waals surface area contributed by atoms with E-state index in [2.05, 4.69) is 48.4 Å². The van der Waals surface area contributed by atoms with Crippen LogP contribution >= 0.6 is 0 Å². The zero-order chi connectivity index (χ0) is 13.7. The van der Waals surface area contributed by atoms with Crippen molar-refractivity contribution in [3.05, 3.63) is 35.4 Å². The Bertz CT molecular complexity index is 439. The number of hydrogen-bond donors (Lipinski definition) is 2. The van der Waals surface area contributed by atoms with Crippen LogP contribution in [0.3, 0.4) is 0 Å². The minimum Gasteiger partial charge on any atom is -0.370 e. The maximum atomic E-state index is 5.93. The van der Waals surface area contributed by atoms with E-state index in [4.69, 9.17) is 5.73 Å². The largest absolute Gasteiger partial charge is 0.370 e. The van der Waals surface area contributed by atoms with E-state index in [9.17, 15) is 0 Å². The van der Waals surface area contributed by atoms with Crippen molar-refractivity contribution >= 4 is 5.96 Å². The zero-order valence-corrected chi connectivity index (χ0v) is 12.0. The number of guanidine groups is 1. The van der Waals surface area contributed by atoms with Gasteiger partial charge in [0.05, 0.1) is 0 Å². The molecule has 3 N–H and O–H groups in total. The van der Waals surface area contributed by atoms with Gasteiger partial charge in [0.25, 0.3) is 0 Å². The Labute approximate surface area is 116 Å². The summed E-state index contributed by atoms with van der Waals surface area (Å²) in [6, 6.07) is 9.13. The SMILES string of the molecule is CCC(C)NC(N)=NCC1CCCc2ccccc21. The van der Waals surface area contributed by atoms with Crippen molar-refractivity contribution in [2.45, 2.75) is 51.5 Å². The Balaban J connectivity index is 1.99. The highest BCUT2D eigenvalue weighted by molar-refractivity contribution is 5.78. The molecule has 1 aliphatic rings. The van der Waals surface area contributed by atoms with Crippen molar-refractivity contribution in [2.24, 2.45) is 10.7 Å². The normalized spacial score (nSPS) is 20.7. The molecule has 0 aliphatic heterocycles. The Morgan fingerprint density at radius 2 is 2.26 bits per heavy atom. The first kappa shape index (κ1) is 13.9. The minimum absolute atomic E-state index is 0.391. The lowest BCUT2D eigenvalue weighted by Crippen LogP contribution is -2.38. The van der Waals surface area contributed by atoms with Crippen LogP contribution in [-0.4, -0.2) is 18.5 Å². The predicted octanol–water partition coefficient (Wildman–Crippen LogP) is 2.81. The second-order valence-electron chi connectivity index (χ2n) is 5.47. The van der Waals surface area contributed by atoms with Crippen LogP contribution in [0.4, 0.5) is 0 Å². The van der Waals surface area contributed by atoms with E-state index in [1.807, 2.05) is 0 Å². The van der Waals surface area contributed by atoms with Gasteiger partial charge in [0.1, 0.15) is 0 Å². The smallest absolute Gasteiger partial charge is 0.188 e. The zero-order valence-electron chi connectivity index (χ0n) is 12.0. The lowest BCUT2D eigenvalue weighted by Gasteiger charge is -2.24. The third-order valence-electron chi connectivity index (χ3n) is 3.98. The molecule has 0 amide bonds. The number of hydrogen-bond acceptors (Lipinski definition) is 1. The van der Waals surface area contributed by atoms with Crippen LogP contribution < -0.4 is 11.1 Å². The Hall–Kier alpha value is -1.51. The molecule has 3 heteroatoms. The molecule has 3 nitrogen and oxygen atoms in total. The van der Waals surface area contributed by atoms with Crippen molar-refractivity contribution in [3.8, 4) is 0 Å². The first-order valence-corrected chi connectivity index (χ1v) is 7.35. The average Bonchev–Trinajstić information content (AvgIpc) is 2.44. The number of benzene rings is 1. The van der Waals surface area contributed by atoms with Gasteiger partial charge in [-0.15, -0.1) is 0 Å². The van der Waals surface area contributed by atoms with E-state index in [1.165, 1.54) is 30.4 Å². The van der Waals surface area contributed by atoms with Crippen LogP contribution in [0.1, 0.15) is 50.2 Å². The Morgan fingerprint density at radius 1 is 1.47 bits per heavy atom. The van der Waals surface area contributed by atoms with Crippen molar-refractivity contribution in [1.29, 1.82) is 0 Å². The fourth-order valence-electron chi connectivity index (χ4n) is 2.65. The van der Waals surface area contributed by atoms with Crippen LogP contribution in [0.25, 0.3) is 0 Å². The lowest BCUT2D eigenvalue weighted by molar-refractivity contribution is 0.558. The van der Waals surface area contributed by atoms with Gasteiger partial charge in [-0.3, -0.25) is 4.99 Å². The molecule has 2 rings (SSSR count). The molecule has 2 unspecified atom stereocenters. The Kier molecular flexibility index (Phi) is 4.83. The predicted molar refractivity (Wildman–Crippen MR) is 81.5 cm³/mol. The molecule has 0 bridgehead atoms. The van der Waals surface area contributed by atoms with Gasteiger partial charge >= 0.3 is 0 Å². The molecule has 0 heterocycles. The summed E-state index contributed by atoms with van der Waals surface area (Å²) in [7, 11) is 0. The molecule has 0 radical (unpaired) electrons. The van der Waals surface area contributed by atoms with Crippen molar-refractivity contribution in [3.63, 3.8) is 0 Å². The first-order valence-electron chi connectivity index (χ1n) is 7.35. The van der Waals surface area contributed by atoms with Crippen LogP contribution in [0, 0.1) is 0 Å². The number of aryl methyl sites for hydroxylation is 1. The minimum atomic E-state index is 0.391. The van der Waals surface area contributed by atoms with Gasteiger partial charge in [-0.05, 0) is 43.7 Å². The molecule has 1 aromatic carbocycles. The van der Waals surface area contributed by atoms with E-state index in [1.54, 1.807) is 0 Å². The second-order valence-corrected chi connectivity index (χ2v) is 5.47. The lowest BCUT2D eigenvalue weighted by atomic mass is 9.83. The molecule has 1 aliphatic carbocycles. The standard InChI is InChI=1S/C16H25N3/c1-3-12(2)19-16(17)18-11-14-9-6-8-13-7-4-5-10-15(13)14/h4-5,7,10,12,14H,3,6,8-9,11H2,1-2H3,(H3,17,18,19). The van der Waals surface area contributed by atoms with Crippen LogP contribution in [0.2, 0.25) is 0 Å². The highest BCUT2D eigenvalue weighted by atomic mass is 15.1. The van der Waals surface area contributed by atoms with E-state index in [0.717, 1.165) is 13.0 Å². The molecular formula is C16H25N3. The van der Waals surface area contributed by atoms with Crippen LogP contribution in [0.5, 0.6) is 0 Å². The van der Waals surface area contributed by atoms with Gasteiger partial charge in [-0.1, -0.05) is 31.2 Å². The van der Waals surface area contributed by atoms with Gasteiger partial charge in [-0.25, -0.2) is 0 Å². The number of aliphatic imine (C=N–C) groups is 1. The molecular weight excluding hydrogens is 234 g/mol. The van der Waals surface area contributed by atoms with Gasteiger partial charge < -0.3 is 11.1 Å². The average molecular weight is 259 g/mol. The van der Waals surface area contributed by atoms with E-state index >= 15 is 0 Å². The fraction of sp³-hybridized carbons (Fsp3) is 0.562. The molecule has 2 atom stereocenters. The summed E-state index contributed by atoms with van der Waals surface area (Å²) in [6.07, 6.45) is 4.74. The van der Waals surface area contributed by atoms with Crippen molar-refractivity contribution in [2.75, 3.05) is 6.54 Å². The number of rotatable bonds is 4. The summed E-state index contributed by atoms with van der Waals surface area (Å²) < 4.78 is 0. The summed E-state index contributed by atoms with van der Waals surface area (Å²) in [5, 5.41) is 3.22. The molecule has 0 aromatic heterocycles. The molecule has 1 aromatic rings. The molecule has 0 saturated heterocycles. The van der Waals surface area contributed by atoms with Crippen LogP contribution in [-0.2, 0) is 6.42 Å². The molecule has 19 heavy (non-hydrogen) atoms. The molecule has 0 fully saturated rings.